The minimum absolute atomic E-state index is 0. The first-order valence-corrected chi connectivity index (χ1v) is 8.05. The van der Waals surface area contributed by atoms with E-state index in [9.17, 15) is 0 Å². The Morgan fingerprint density at radius 3 is 2.48 bits per heavy atom. The summed E-state index contributed by atoms with van der Waals surface area (Å²) in [6.45, 7) is 6.49. The average molecular weight is 326 g/mol. The predicted octanol–water partition coefficient (Wildman–Crippen LogP) is 4.51. The maximum atomic E-state index is 5.74. The standard InChI is InChI=1S/C16H23N3S.ClH/c1-3-10-19(12-14-11-18-16(17)20-14)15(4-2)13-8-6-5-7-9-13;/h5-9,11,15H,3-4,10,12H2,1-2H3,(H2,17,18);1H. The van der Waals surface area contributed by atoms with Crippen LogP contribution in [0.15, 0.2) is 36.5 Å². The molecule has 1 atom stereocenters. The quantitative estimate of drug-likeness (QED) is 0.814. The number of anilines is 1. The zero-order chi connectivity index (χ0) is 14.4. The number of nitrogens with two attached hydrogens (primary N) is 1. The summed E-state index contributed by atoms with van der Waals surface area (Å²) < 4.78 is 0. The highest BCUT2D eigenvalue weighted by Crippen LogP contribution is 2.27. The number of nitrogen functional groups attached to an aromatic ring is 1. The Morgan fingerprint density at radius 1 is 1.24 bits per heavy atom. The van der Waals surface area contributed by atoms with E-state index in [1.807, 2.05) is 6.20 Å². The molecular weight excluding hydrogens is 302 g/mol. The van der Waals surface area contributed by atoms with Crippen LogP contribution in [0.1, 0.15) is 43.2 Å². The second-order valence-electron chi connectivity index (χ2n) is 4.97. The molecule has 0 saturated carbocycles. The van der Waals surface area contributed by atoms with Crippen molar-refractivity contribution in [2.45, 2.75) is 39.3 Å². The molecule has 5 heteroatoms. The fraction of sp³-hybridized carbons (Fsp3) is 0.438. The van der Waals surface area contributed by atoms with Gasteiger partial charge in [0.05, 0.1) is 0 Å². The number of hydrogen-bond donors (Lipinski definition) is 1. The smallest absolute Gasteiger partial charge is 0.180 e. The Labute approximate surface area is 137 Å². The molecule has 2 aromatic rings. The van der Waals surface area contributed by atoms with Crippen molar-refractivity contribution in [2.75, 3.05) is 12.3 Å². The monoisotopic (exact) mass is 325 g/mol. The lowest BCUT2D eigenvalue weighted by Crippen LogP contribution is -2.28. The summed E-state index contributed by atoms with van der Waals surface area (Å²) in [6, 6.07) is 11.2. The molecule has 0 aliphatic rings. The van der Waals surface area contributed by atoms with E-state index in [1.54, 1.807) is 11.3 Å². The minimum Gasteiger partial charge on any atom is -0.375 e. The third-order valence-electron chi connectivity index (χ3n) is 3.45. The van der Waals surface area contributed by atoms with Gasteiger partial charge in [0.2, 0.25) is 0 Å². The third-order valence-corrected chi connectivity index (χ3v) is 4.26. The summed E-state index contributed by atoms with van der Waals surface area (Å²) in [4.78, 5) is 7.93. The zero-order valence-corrected chi connectivity index (χ0v) is 14.3. The van der Waals surface area contributed by atoms with Gasteiger partial charge in [-0.1, -0.05) is 44.2 Å². The highest BCUT2D eigenvalue weighted by Gasteiger charge is 2.18. The fourth-order valence-electron chi connectivity index (χ4n) is 2.61. The van der Waals surface area contributed by atoms with Gasteiger partial charge in [-0.05, 0) is 24.9 Å². The SMILES string of the molecule is CCCN(Cc1cnc(N)s1)C(CC)c1ccccc1.Cl. The molecule has 3 nitrogen and oxygen atoms in total. The second kappa shape index (κ2) is 9.03. The molecule has 1 aromatic carbocycles. The Morgan fingerprint density at radius 2 is 1.95 bits per heavy atom. The maximum absolute atomic E-state index is 5.74. The molecular formula is C16H24ClN3S. The van der Waals surface area contributed by atoms with Crippen molar-refractivity contribution in [2.24, 2.45) is 0 Å². The van der Waals surface area contributed by atoms with Crippen molar-refractivity contribution >= 4 is 28.9 Å². The van der Waals surface area contributed by atoms with Crippen molar-refractivity contribution in [1.29, 1.82) is 0 Å². The molecule has 0 bridgehead atoms. The first kappa shape index (κ1) is 18.0. The molecule has 116 valence electrons. The molecule has 2 N–H and O–H groups in total. The van der Waals surface area contributed by atoms with Crippen molar-refractivity contribution in [1.82, 2.24) is 9.88 Å². The van der Waals surface area contributed by atoms with Crippen LogP contribution >= 0.6 is 23.7 Å². The van der Waals surface area contributed by atoms with Crippen molar-refractivity contribution < 1.29 is 0 Å². The molecule has 21 heavy (non-hydrogen) atoms. The molecule has 0 aliphatic carbocycles. The van der Waals surface area contributed by atoms with E-state index in [1.165, 1.54) is 10.4 Å². The van der Waals surface area contributed by atoms with Gasteiger partial charge in [0.25, 0.3) is 0 Å². The third kappa shape index (κ3) is 4.99. The Bertz CT molecular complexity index is 515. The Balaban J connectivity index is 0.00000220. The highest BCUT2D eigenvalue weighted by atomic mass is 35.5. The average Bonchev–Trinajstić information content (AvgIpc) is 2.86. The summed E-state index contributed by atoms with van der Waals surface area (Å²) in [7, 11) is 0. The summed E-state index contributed by atoms with van der Waals surface area (Å²) in [5.74, 6) is 0. The van der Waals surface area contributed by atoms with Crippen LogP contribution < -0.4 is 5.73 Å². The van der Waals surface area contributed by atoms with Crippen LogP contribution in [0.4, 0.5) is 5.13 Å². The van der Waals surface area contributed by atoms with E-state index in [0.717, 1.165) is 25.9 Å². The minimum atomic E-state index is 0. The molecule has 2 rings (SSSR count). The number of nitrogens with zero attached hydrogens (tertiary/aromatic N) is 2. The van der Waals surface area contributed by atoms with Crippen molar-refractivity contribution in [3.05, 3.63) is 47.0 Å². The lowest BCUT2D eigenvalue weighted by Gasteiger charge is -2.30. The number of rotatable bonds is 7. The van der Waals surface area contributed by atoms with Gasteiger partial charge in [0.15, 0.2) is 5.13 Å². The Hall–Kier alpha value is -1.10. The van der Waals surface area contributed by atoms with E-state index in [-0.39, 0.29) is 12.4 Å². The van der Waals surface area contributed by atoms with E-state index < -0.39 is 0 Å². The maximum Gasteiger partial charge on any atom is 0.180 e. The molecule has 0 spiro atoms. The fourth-order valence-corrected chi connectivity index (χ4v) is 3.32. The number of benzene rings is 1. The van der Waals surface area contributed by atoms with Crippen LogP contribution in [-0.4, -0.2) is 16.4 Å². The molecule has 0 saturated heterocycles. The number of halogens is 1. The summed E-state index contributed by atoms with van der Waals surface area (Å²) >= 11 is 1.59. The molecule has 1 unspecified atom stereocenters. The molecule has 0 aliphatic heterocycles. The lowest BCUT2D eigenvalue weighted by atomic mass is 10.0. The second-order valence-corrected chi connectivity index (χ2v) is 6.12. The first-order valence-electron chi connectivity index (χ1n) is 7.23. The molecule has 0 fully saturated rings. The summed E-state index contributed by atoms with van der Waals surface area (Å²) in [5.41, 5.74) is 7.13. The normalized spacial score (nSPS) is 12.1. The van der Waals surface area contributed by atoms with Gasteiger partial charge < -0.3 is 5.73 Å². The number of aromatic nitrogens is 1. The molecule has 0 amide bonds. The molecule has 0 radical (unpaired) electrons. The van der Waals surface area contributed by atoms with Gasteiger partial charge in [0, 0.05) is 23.7 Å². The van der Waals surface area contributed by atoms with Crippen LogP contribution in [0.2, 0.25) is 0 Å². The summed E-state index contributed by atoms with van der Waals surface area (Å²) in [6.07, 6.45) is 4.16. The first-order chi connectivity index (χ1) is 9.74. The highest BCUT2D eigenvalue weighted by molar-refractivity contribution is 7.15. The van der Waals surface area contributed by atoms with Gasteiger partial charge in [0.1, 0.15) is 0 Å². The van der Waals surface area contributed by atoms with Gasteiger partial charge in [-0.25, -0.2) is 4.98 Å². The van der Waals surface area contributed by atoms with E-state index in [0.29, 0.717) is 11.2 Å². The van der Waals surface area contributed by atoms with E-state index in [2.05, 4.69) is 54.1 Å². The van der Waals surface area contributed by atoms with Gasteiger partial charge >= 0.3 is 0 Å². The number of hydrogen-bond acceptors (Lipinski definition) is 4. The van der Waals surface area contributed by atoms with Crippen LogP contribution in [0.3, 0.4) is 0 Å². The van der Waals surface area contributed by atoms with Crippen molar-refractivity contribution in [3.8, 4) is 0 Å². The molecule has 1 aromatic heterocycles. The largest absolute Gasteiger partial charge is 0.375 e. The van der Waals surface area contributed by atoms with Crippen molar-refractivity contribution in [3.63, 3.8) is 0 Å². The van der Waals surface area contributed by atoms with Crippen LogP contribution in [0.5, 0.6) is 0 Å². The van der Waals surface area contributed by atoms with Crippen LogP contribution in [0.25, 0.3) is 0 Å². The van der Waals surface area contributed by atoms with E-state index >= 15 is 0 Å². The zero-order valence-electron chi connectivity index (χ0n) is 12.7. The Kier molecular flexibility index (Phi) is 7.72. The topological polar surface area (TPSA) is 42.2 Å². The molecule has 1 heterocycles. The lowest BCUT2D eigenvalue weighted by molar-refractivity contribution is 0.185. The summed E-state index contributed by atoms with van der Waals surface area (Å²) in [5, 5.41) is 0.657. The van der Waals surface area contributed by atoms with Gasteiger partial charge in [-0.2, -0.15) is 0 Å². The predicted molar refractivity (Wildman–Crippen MR) is 93.9 cm³/mol. The van der Waals surface area contributed by atoms with Gasteiger partial charge in [-0.15, -0.1) is 23.7 Å². The number of thiazole rings is 1. The van der Waals surface area contributed by atoms with Crippen LogP contribution in [0, 0.1) is 0 Å². The van der Waals surface area contributed by atoms with Gasteiger partial charge in [-0.3, -0.25) is 4.90 Å². The van der Waals surface area contributed by atoms with E-state index in [4.69, 9.17) is 5.73 Å². The van der Waals surface area contributed by atoms with Crippen LogP contribution in [-0.2, 0) is 6.54 Å².